The van der Waals surface area contributed by atoms with Gasteiger partial charge < -0.3 is 15.3 Å². The van der Waals surface area contributed by atoms with Crippen LogP contribution in [0, 0.1) is 18.3 Å². The van der Waals surface area contributed by atoms with Gasteiger partial charge in [-0.15, -0.1) is 0 Å². The zero-order chi connectivity index (χ0) is 24.8. The number of carboxylic acid groups (broad SMARTS) is 1. The lowest BCUT2D eigenvalue weighted by Crippen LogP contribution is -2.38. The second kappa shape index (κ2) is 8.41. The monoisotopic (exact) mass is 467 g/mol. The van der Waals surface area contributed by atoms with Gasteiger partial charge in [0.05, 0.1) is 17.6 Å². The summed E-state index contributed by atoms with van der Waals surface area (Å²) in [5.74, 6) is -4.13. The Labute approximate surface area is 194 Å². The lowest BCUT2D eigenvalue weighted by atomic mass is 10.1. The Balaban J connectivity index is 1.89. The molecule has 1 fully saturated rings. The molecule has 0 radical (unpaired) electrons. The van der Waals surface area contributed by atoms with E-state index in [0.717, 1.165) is 0 Å². The second-order valence-corrected chi connectivity index (χ2v) is 8.49. The Hall–Kier alpha value is -4.00. The maximum Gasteiger partial charge on any atom is 0.337 e. The van der Waals surface area contributed by atoms with E-state index >= 15 is 0 Å². The third-order valence-electron chi connectivity index (χ3n) is 6.21. The van der Waals surface area contributed by atoms with Gasteiger partial charge in [-0.25, -0.2) is 18.6 Å². The molecule has 0 spiro atoms. The van der Waals surface area contributed by atoms with Crippen LogP contribution in [-0.2, 0) is 0 Å². The molecule has 3 heterocycles. The second-order valence-electron chi connectivity index (χ2n) is 8.49. The van der Waals surface area contributed by atoms with Gasteiger partial charge in [0, 0.05) is 30.4 Å². The van der Waals surface area contributed by atoms with Crippen LogP contribution in [0.2, 0.25) is 0 Å². The Bertz CT molecular complexity index is 1400. The normalized spacial score (nSPS) is 18.0. The maximum atomic E-state index is 14.2. The zero-order valence-electron chi connectivity index (χ0n) is 18.8. The molecular weight excluding hydrogens is 444 g/mol. The number of nitriles is 1. The van der Waals surface area contributed by atoms with E-state index in [1.165, 1.54) is 22.3 Å². The molecule has 2 atom stereocenters. The van der Waals surface area contributed by atoms with E-state index in [1.807, 2.05) is 6.07 Å². The van der Waals surface area contributed by atoms with Crippen LogP contribution in [0.4, 0.5) is 20.3 Å². The highest BCUT2D eigenvalue weighted by atomic mass is 19.3. The number of nitrogens with one attached hydrogen (secondary N) is 1. The van der Waals surface area contributed by atoms with Crippen LogP contribution < -0.4 is 15.8 Å². The lowest BCUT2D eigenvalue weighted by molar-refractivity contribution is -0.00187. The number of hydrogen-bond acceptors (Lipinski definition) is 6. The number of aromatic carboxylic acids is 1. The average Bonchev–Trinajstić information content (AvgIpc) is 3.06. The van der Waals surface area contributed by atoms with Crippen molar-refractivity contribution in [1.29, 1.82) is 5.26 Å². The number of aromatic nitrogens is 2. The molecule has 0 bridgehead atoms. The standard InChI is InChI=1S/C24H23F2N5O3/c1-13-10-17(14(2)28-19-7-5-4-6-16(19)23(33)34)20-29-21(18(11-27)22(32)31(20)12-13)30-9-8-24(25,26)15(30)3/h4-7,10,12,14-15,28H,8-9H2,1-3H3,(H,33,34)/t14?,15-/m1/s1. The summed E-state index contributed by atoms with van der Waals surface area (Å²) in [7, 11) is 0. The van der Waals surface area contributed by atoms with Crippen LogP contribution in [0.3, 0.4) is 0 Å². The molecule has 1 aliphatic heterocycles. The molecule has 0 aliphatic carbocycles. The minimum absolute atomic E-state index is 0.0353. The van der Waals surface area contributed by atoms with Crippen molar-refractivity contribution >= 4 is 23.1 Å². The summed E-state index contributed by atoms with van der Waals surface area (Å²) >= 11 is 0. The molecule has 1 unspecified atom stereocenters. The van der Waals surface area contributed by atoms with Crippen molar-refractivity contribution < 1.29 is 18.7 Å². The largest absolute Gasteiger partial charge is 0.478 e. The Morgan fingerprint density at radius 3 is 2.71 bits per heavy atom. The Morgan fingerprint density at radius 1 is 1.38 bits per heavy atom. The summed E-state index contributed by atoms with van der Waals surface area (Å²) in [4.78, 5) is 30.7. The van der Waals surface area contributed by atoms with Gasteiger partial charge in [-0.05, 0) is 44.5 Å². The smallest absolute Gasteiger partial charge is 0.337 e. The number of carboxylic acids is 1. The number of benzene rings is 1. The van der Waals surface area contributed by atoms with Crippen molar-refractivity contribution in [2.45, 2.75) is 45.2 Å². The van der Waals surface area contributed by atoms with Crippen molar-refractivity contribution in [2.24, 2.45) is 0 Å². The molecule has 1 aliphatic rings. The molecule has 176 valence electrons. The topological polar surface area (TPSA) is 111 Å². The van der Waals surface area contributed by atoms with E-state index in [-0.39, 0.29) is 29.1 Å². The SMILES string of the molecule is Cc1cc(C(C)Nc2ccccc2C(=O)O)c2nc(N3CCC(F)(F)[C@H]3C)c(C#N)c(=O)n2c1. The first kappa shape index (κ1) is 23.2. The molecule has 2 N–H and O–H groups in total. The van der Waals surface area contributed by atoms with E-state index in [1.54, 1.807) is 44.3 Å². The quantitative estimate of drug-likeness (QED) is 0.584. The first-order valence-electron chi connectivity index (χ1n) is 10.8. The molecule has 0 amide bonds. The lowest BCUT2D eigenvalue weighted by Gasteiger charge is -2.26. The van der Waals surface area contributed by atoms with E-state index in [2.05, 4.69) is 10.3 Å². The van der Waals surface area contributed by atoms with Gasteiger partial charge in [-0.2, -0.15) is 5.26 Å². The van der Waals surface area contributed by atoms with Gasteiger partial charge in [-0.3, -0.25) is 9.20 Å². The number of carbonyl (C=O) groups is 1. The number of nitrogens with zero attached hydrogens (tertiary/aromatic N) is 4. The molecule has 8 nitrogen and oxygen atoms in total. The van der Waals surface area contributed by atoms with Crippen molar-refractivity contribution in [1.82, 2.24) is 9.38 Å². The number of anilines is 2. The minimum atomic E-state index is -2.97. The highest BCUT2D eigenvalue weighted by Gasteiger charge is 2.47. The first-order valence-corrected chi connectivity index (χ1v) is 10.8. The molecule has 1 saturated heterocycles. The van der Waals surface area contributed by atoms with E-state index < -0.39 is 36.0 Å². The van der Waals surface area contributed by atoms with Crippen LogP contribution in [0.15, 0.2) is 41.3 Å². The highest BCUT2D eigenvalue weighted by molar-refractivity contribution is 5.94. The van der Waals surface area contributed by atoms with Gasteiger partial charge in [0.1, 0.15) is 11.7 Å². The number of aryl methyl sites for hydroxylation is 1. The number of pyridine rings is 1. The first-order chi connectivity index (χ1) is 16.0. The van der Waals surface area contributed by atoms with Gasteiger partial charge in [0.2, 0.25) is 0 Å². The number of para-hydroxylation sites is 1. The fourth-order valence-corrected chi connectivity index (χ4v) is 4.32. The number of fused-ring (bicyclic) bond motifs is 1. The van der Waals surface area contributed by atoms with Crippen LogP contribution >= 0.6 is 0 Å². The van der Waals surface area contributed by atoms with Gasteiger partial charge >= 0.3 is 5.97 Å². The molecule has 34 heavy (non-hydrogen) atoms. The molecule has 3 aromatic rings. The van der Waals surface area contributed by atoms with Crippen LogP contribution in [0.1, 0.15) is 53.4 Å². The summed E-state index contributed by atoms with van der Waals surface area (Å²) in [6.07, 6.45) is 1.14. The van der Waals surface area contributed by atoms with Crippen molar-refractivity contribution in [3.8, 4) is 6.07 Å². The molecule has 4 rings (SSSR count). The summed E-state index contributed by atoms with van der Waals surface area (Å²) in [6, 6.07) is 8.33. The molecule has 2 aromatic heterocycles. The molecule has 0 saturated carbocycles. The zero-order valence-corrected chi connectivity index (χ0v) is 18.8. The molecule has 1 aromatic carbocycles. The summed E-state index contributed by atoms with van der Waals surface area (Å²) < 4.78 is 29.7. The van der Waals surface area contributed by atoms with Crippen molar-refractivity contribution in [3.63, 3.8) is 0 Å². The third-order valence-corrected chi connectivity index (χ3v) is 6.21. The molecular formula is C24H23F2N5O3. The highest BCUT2D eigenvalue weighted by Crippen LogP contribution is 2.37. The summed E-state index contributed by atoms with van der Waals surface area (Å²) in [5.41, 5.74) is 0.998. The van der Waals surface area contributed by atoms with Gasteiger partial charge in [0.15, 0.2) is 11.4 Å². The summed E-state index contributed by atoms with van der Waals surface area (Å²) in [5, 5.41) is 22.3. The van der Waals surface area contributed by atoms with Crippen molar-refractivity contribution in [3.05, 3.63) is 69.1 Å². The van der Waals surface area contributed by atoms with Crippen LogP contribution in [0.5, 0.6) is 0 Å². The maximum absolute atomic E-state index is 14.2. The minimum Gasteiger partial charge on any atom is -0.478 e. The Kier molecular flexibility index (Phi) is 5.73. The average molecular weight is 467 g/mol. The number of hydrogen-bond donors (Lipinski definition) is 2. The van der Waals surface area contributed by atoms with E-state index in [9.17, 15) is 28.7 Å². The molecule has 10 heteroatoms. The van der Waals surface area contributed by atoms with Crippen molar-refractivity contribution in [2.75, 3.05) is 16.8 Å². The van der Waals surface area contributed by atoms with Crippen LogP contribution in [0.25, 0.3) is 5.65 Å². The van der Waals surface area contributed by atoms with Gasteiger partial charge in [0.25, 0.3) is 11.5 Å². The fourth-order valence-electron chi connectivity index (χ4n) is 4.32. The third kappa shape index (κ3) is 3.83. The van der Waals surface area contributed by atoms with E-state index in [4.69, 9.17) is 0 Å². The van der Waals surface area contributed by atoms with Gasteiger partial charge in [-0.1, -0.05) is 12.1 Å². The number of alkyl halides is 2. The fraction of sp³-hybridized carbons (Fsp3) is 0.333. The summed E-state index contributed by atoms with van der Waals surface area (Å²) in [6.45, 7) is 4.87. The number of halogens is 2. The van der Waals surface area contributed by atoms with Crippen LogP contribution in [-0.4, -0.2) is 39.0 Å². The predicted octanol–water partition coefficient (Wildman–Crippen LogP) is 3.98. The Morgan fingerprint density at radius 2 is 2.09 bits per heavy atom. The predicted molar refractivity (Wildman–Crippen MR) is 123 cm³/mol. The van der Waals surface area contributed by atoms with E-state index in [0.29, 0.717) is 16.8 Å². The number of rotatable bonds is 5.